The van der Waals surface area contributed by atoms with E-state index in [0.29, 0.717) is 0 Å². The van der Waals surface area contributed by atoms with Crippen molar-refractivity contribution in [2.24, 2.45) is 0 Å². The molecule has 0 radical (unpaired) electrons. The Hall–Kier alpha value is 0.0400. The number of hydrogen-bond donors (Lipinski definition) is 0. The van der Waals surface area contributed by atoms with Crippen molar-refractivity contribution in [1.29, 1.82) is 0 Å². The van der Waals surface area contributed by atoms with Crippen LogP contribution in [0.5, 0.6) is 0 Å². The van der Waals surface area contributed by atoms with Crippen molar-refractivity contribution in [2.75, 3.05) is 13.7 Å². The maximum Gasteiger partial charge on any atom is 1.00 e. The zero-order valence-electron chi connectivity index (χ0n) is 9.49. The topological polar surface area (TPSA) is 102 Å². The third-order valence-electron chi connectivity index (χ3n) is 1.81. The van der Waals surface area contributed by atoms with Gasteiger partial charge in [-0.3, -0.25) is 4.79 Å². The van der Waals surface area contributed by atoms with Gasteiger partial charge in [-0.15, -0.1) is 0 Å². The molecule has 0 heterocycles. The van der Waals surface area contributed by atoms with Gasteiger partial charge >= 0.3 is 35.5 Å². The zero-order valence-corrected chi connectivity index (χ0v) is 12.3. The van der Waals surface area contributed by atoms with E-state index in [4.69, 9.17) is 0 Å². The molecule has 1 aliphatic carbocycles. The largest absolute Gasteiger partial charge is 1.00 e. The third-order valence-corrected chi connectivity index (χ3v) is 2.93. The monoisotopic (exact) mass is 274 g/mol. The molecule has 0 aromatic carbocycles. The molecule has 0 N–H and O–H groups in total. The van der Waals surface area contributed by atoms with E-state index in [1.54, 1.807) is 12.2 Å². The maximum atomic E-state index is 10.8. The molecule has 0 spiro atoms. The molecule has 92 valence electrons. The fourth-order valence-corrected chi connectivity index (χ4v) is 1.38. The molecule has 17 heavy (non-hydrogen) atoms. The van der Waals surface area contributed by atoms with Crippen LogP contribution in [-0.4, -0.2) is 44.0 Å². The average molecular weight is 274 g/mol. The van der Waals surface area contributed by atoms with Gasteiger partial charge in [-0.25, -0.2) is 18.2 Å². The summed E-state index contributed by atoms with van der Waals surface area (Å²) in [4.78, 5) is 20.0. The van der Waals surface area contributed by atoms with Gasteiger partial charge in [-0.2, -0.15) is 0 Å². The molecule has 0 amide bonds. The van der Waals surface area contributed by atoms with Crippen molar-refractivity contribution in [1.82, 2.24) is 0 Å². The van der Waals surface area contributed by atoms with Crippen molar-refractivity contribution < 1.29 is 61.8 Å². The fourth-order valence-electron chi connectivity index (χ4n) is 0.817. The Bertz CT molecular complexity index is 371. The van der Waals surface area contributed by atoms with Crippen molar-refractivity contribution in [3.63, 3.8) is 0 Å². The minimum atomic E-state index is -4.62. The molecule has 0 aliphatic heterocycles. The SMILES string of the molecule is COC(=O)CC(COOC1C=C1)S(=O)(=O)[O-].[Na+]. The number of ether oxygens (including phenoxy) is 1. The van der Waals surface area contributed by atoms with Gasteiger partial charge in [-0.05, 0) is 12.2 Å². The van der Waals surface area contributed by atoms with Crippen LogP contribution in [0.1, 0.15) is 6.42 Å². The van der Waals surface area contributed by atoms with Crippen LogP contribution >= 0.6 is 0 Å². The molecule has 0 saturated carbocycles. The summed E-state index contributed by atoms with van der Waals surface area (Å²) in [5, 5.41) is -1.50. The van der Waals surface area contributed by atoms with Crippen molar-refractivity contribution >= 4 is 16.1 Å². The van der Waals surface area contributed by atoms with Gasteiger partial charge in [0.1, 0.15) is 16.2 Å². The molecule has 1 aliphatic rings. The van der Waals surface area contributed by atoms with Gasteiger partial charge in [0.15, 0.2) is 0 Å². The van der Waals surface area contributed by atoms with Gasteiger partial charge in [0.2, 0.25) is 0 Å². The van der Waals surface area contributed by atoms with E-state index in [1.807, 2.05) is 0 Å². The van der Waals surface area contributed by atoms with E-state index < -0.39 is 34.4 Å². The summed E-state index contributed by atoms with van der Waals surface area (Å²) in [5.74, 6) is -0.794. The first-order valence-electron chi connectivity index (χ1n) is 4.41. The maximum absolute atomic E-state index is 10.8. The minimum absolute atomic E-state index is 0. The van der Waals surface area contributed by atoms with E-state index in [9.17, 15) is 17.8 Å². The van der Waals surface area contributed by atoms with E-state index in [1.165, 1.54) is 0 Å². The Morgan fingerprint density at radius 3 is 2.47 bits per heavy atom. The molecule has 1 unspecified atom stereocenters. The van der Waals surface area contributed by atoms with E-state index >= 15 is 0 Å². The Morgan fingerprint density at radius 1 is 1.47 bits per heavy atom. The molecule has 0 aromatic rings. The average Bonchev–Trinajstić information content (AvgIpc) is 2.98. The van der Waals surface area contributed by atoms with Gasteiger partial charge in [0.25, 0.3) is 0 Å². The summed E-state index contributed by atoms with van der Waals surface area (Å²) >= 11 is 0. The number of hydrogen-bond acceptors (Lipinski definition) is 7. The number of carbonyl (C=O) groups excluding carboxylic acids is 1. The fraction of sp³-hybridized carbons (Fsp3) is 0.625. The number of methoxy groups -OCH3 is 1. The van der Waals surface area contributed by atoms with Crippen LogP contribution in [0.4, 0.5) is 0 Å². The first-order valence-corrected chi connectivity index (χ1v) is 5.88. The molecule has 0 aromatic heterocycles. The van der Waals surface area contributed by atoms with Crippen LogP contribution in [0.25, 0.3) is 0 Å². The van der Waals surface area contributed by atoms with Crippen molar-refractivity contribution in [3.8, 4) is 0 Å². The van der Waals surface area contributed by atoms with Gasteiger partial charge in [0.05, 0.1) is 25.4 Å². The van der Waals surface area contributed by atoms with Crippen LogP contribution in [0.2, 0.25) is 0 Å². The van der Waals surface area contributed by atoms with Crippen LogP contribution < -0.4 is 29.6 Å². The Morgan fingerprint density at radius 2 is 2.06 bits per heavy atom. The Kier molecular flexibility index (Phi) is 7.49. The Labute approximate surface area is 121 Å². The molecule has 0 fully saturated rings. The molecule has 0 saturated heterocycles. The summed E-state index contributed by atoms with van der Waals surface area (Å²) in [6.07, 6.45) is 2.51. The standard InChI is InChI=1S/C8H12O7S.Na/c1-13-8(9)4-7(16(10,11)12)5-14-15-6-2-3-6;/h2-3,6-7H,4-5H2,1H3,(H,10,11,12);/q;+1/p-1. The first kappa shape index (κ1) is 17.0. The second-order valence-electron chi connectivity index (χ2n) is 3.13. The second kappa shape index (κ2) is 7.47. The Balaban J connectivity index is 0.00000256. The number of rotatable bonds is 7. The summed E-state index contributed by atoms with van der Waals surface area (Å²) in [5.41, 5.74) is 0. The van der Waals surface area contributed by atoms with E-state index in [0.717, 1.165) is 7.11 Å². The normalized spacial score (nSPS) is 16.1. The summed E-state index contributed by atoms with van der Waals surface area (Å²) < 4.78 is 36.5. The molecule has 1 atom stereocenters. The smallest absolute Gasteiger partial charge is 0.748 e. The van der Waals surface area contributed by atoms with E-state index in [2.05, 4.69) is 14.5 Å². The van der Waals surface area contributed by atoms with Crippen LogP contribution in [0.3, 0.4) is 0 Å². The predicted octanol–water partition coefficient (Wildman–Crippen LogP) is -3.65. The van der Waals surface area contributed by atoms with Gasteiger partial charge in [-0.1, -0.05) is 0 Å². The minimum Gasteiger partial charge on any atom is -0.748 e. The quantitative estimate of drug-likeness (QED) is 0.118. The van der Waals surface area contributed by atoms with Crippen LogP contribution in [0.15, 0.2) is 12.2 Å². The van der Waals surface area contributed by atoms with Crippen molar-refractivity contribution in [2.45, 2.75) is 17.8 Å². The molecule has 1 rings (SSSR count). The summed E-state index contributed by atoms with van der Waals surface area (Å²) in [6.45, 7) is -0.501. The van der Waals surface area contributed by atoms with Gasteiger partial charge < -0.3 is 9.29 Å². The summed E-state index contributed by atoms with van der Waals surface area (Å²) in [7, 11) is -3.52. The molecule has 0 bridgehead atoms. The molecular weight excluding hydrogens is 263 g/mol. The third kappa shape index (κ3) is 7.14. The van der Waals surface area contributed by atoms with Gasteiger partial charge in [0, 0.05) is 0 Å². The predicted molar refractivity (Wildman–Crippen MR) is 50.1 cm³/mol. The molecule has 9 heteroatoms. The summed E-state index contributed by atoms with van der Waals surface area (Å²) in [6, 6.07) is 0. The number of carbonyl (C=O) groups is 1. The van der Waals surface area contributed by atoms with E-state index in [-0.39, 0.29) is 35.7 Å². The first-order chi connectivity index (χ1) is 7.43. The molecular formula is C8H11NaO7S. The van der Waals surface area contributed by atoms with Crippen LogP contribution in [0, 0.1) is 0 Å². The zero-order chi connectivity index (χ0) is 12.2. The number of esters is 1. The van der Waals surface area contributed by atoms with Crippen molar-refractivity contribution in [3.05, 3.63) is 12.2 Å². The van der Waals surface area contributed by atoms with Crippen LogP contribution in [-0.2, 0) is 29.4 Å². The second-order valence-corrected chi connectivity index (χ2v) is 4.78. The molecule has 7 nitrogen and oxygen atoms in total.